The maximum absolute atomic E-state index is 2.42. The minimum Gasteiger partial charge on any atom is -0.306 e. The van der Waals surface area contributed by atoms with E-state index < -0.39 is 0 Å². The van der Waals surface area contributed by atoms with Crippen molar-refractivity contribution in [2.24, 2.45) is 7.05 Å². The average molecular weight is 220 g/mol. The van der Waals surface area contributed by atoms with Gasteiger partial charge in [0, 0.05) is 32.0 Å². The van der Waals surface area contributed by atoms with Crippen molar-refractivity contribution >= 4 is 5.82 Å². The van der Waals surface area contributed by atoms with Crippen LogP contribution in [-0.2, 0) is 7.05 Å². The van der Waals surface area contributed by atoms with Gasteiger partial charge in [0.05, 0.1) is 26.3 Å². The number of hydrogen-bond acceptors (Lipinski definition) is 2. The van der Waals surface area contributed by atoms with Gasteiger partial charge in [0.15, 0.2) is 0 Å². The van der Waals surface area contributed by atoms with Gasteiger partial charge in [-0.2, -0.15) is 0 Å². The number of pyridine rings is 1. The standard InChI is InChI=1S/C13H22N3/c1-14-10-7-12(8-11-14)16(3)13-6-4-5-9-15(13)2/h4-6,9,12H,7-8,10-11H2,1-3H3/q+1. The lowest BCUT2D eigenvalue weighted by Crippen LogP contribution is -2.46. The third-order valence-electron chi connectivity index (χ3n) is 3.62. The maximum atomic E-state index is 2.42. The largest absolute Gasteiger partial charge is 0.306 e. The van der Waals surface area contributed by atoms with Gasteiger partial charge in [-0.1, -0.05) is 6.07 Å². The van der Waals surface area contributed by atoms with Crippen molar-refractivity contribution in [3.8, 4) is 0 Å². The summed E-state index contributed by atoms with van der Waals surface area (Å²) in [5, 5.41) is 0. The number of aromatic nitrogens is 1. The van der Waals surface area contributed by atoms with Crippen molar-refractivity contribution in [1.82, 2.24) is 4.90 Å². The predicted molar refractivity (Wildman–Crippen MR) is 66.5 cm³/mol. The van der Waals surface area contributed by atoms with E-state index in [4.69, 9.17) is 0 Å². The number of rotatable bonds is 2. The second-order valence-corrected chi connectivity index (χ2v) is 4.82. The second-order valence-electron chi connectivity index (χ2n) is 4.82. The summed E-state index contributed by atoms with van der Waals surface area (Å²) >= 11 is 0. The second kappa shape index (κ2) is 4.83. The molecule has 0 bridgehead atoms. The van der Waals surface area contributed by atoms with E-state index in [1.165, 1.54) is 31.7 Å². The average Bonchev–Trinajstić information content (AvgIpc) is 2.30. The molecule has 1 aliphatic rings. The Labute approximate surface area is 98.3 Å². The lowest BCUT2D eigenvalue weighted by molar-refractivity contribution is -0.659. The SMILES string of the molecule is CN1CCC(N(C)c2cccc[n+]2C)CC1. The molecular formula is C13H22N3+. The number of aryl methyl sites for hydroxylation is 1. The van der Waals surface area contributed by atoms with Crippen LogP contribution in [0.4, 0.5) is 5.82 Å². The van der Waals surface area contributed by atoms with E-state index in [-0.39, 0.29) is 0 Å². The Bertz CT molecular complexity index is 343. The van der Waals surface area contributed by atoms with E-state index in [0.717, 1.165) is 0 Å². The lowest BCUT2D eigenvalue weighted by atomic mass is 10.0. The Morgan fingerprint density at radius 3 is 2.62 bits per heavy atom. The number of piperidine rings is 1. The summed E-state index contributed by atoms with van der Waals surface area (Å²) in [7, 11) is 6.53. The molecule has 1 fully saturated rings. The molecule has 0 atom stereocenters. The molecule has 0 unspecified atom stereocenters. The Kier molecular flexibility index (Phi) is 3.44. The van der Waals surface area contributed by atoms with Crippen molar-refractivity contribution in [2.45, 2.75) is 18.9 Å². The first-order valence-corrected chi connectivity index (χ1v) is 6.04. The van der Waals surface area contributed by atoms with Gasteiger partial charge >= 0.3 is 0 Å². The van der Waals surface area contributed by atoms with E-state index in [0.29, 0.717) is 6.04 Å². The zero-order valence-corrected chi connectivity index (χ0v) is 10.6. The number of likely N-dealkylation sites (tertiary alicyclic amines) is 1. The highest BCUT2D eigenvalue weighted by Gasteiger charge is 2.26. The molecule has 0 N–H and O–H groups in total. The van der Waals surface area contributed by atoms with Crippen molar-refractivity contribution < 1.29 is 4.57 Å². The summed E-state index contributed by atoms with van der Waals surface area (Å²) in [5.41, 5.74) is 0. The van der Waals surface area contributed by atoms with E-state index in [1.54, 1.807) is 0 Å². The van der Waals surface area contributed by atoms with Gasteiger partial charge in [-0.3, -0.25) is 4.90 Å². The van der Waals surface area contributed by atoms with E-state index in [1.807, 2.05) is 0 Å². The topological polar surface area (TPSA) is 10.4 Å². The molecule has 3 nitrogen and oxygen atoms in total. The number of nitrogens with zero attached hydrogens (tertiary/aromatic N) is 3. The molecule has 3 heteroatoms. The molecule has 0 aliphatic carbocycles. The fraction of sp³-hybridized carbons (Fsp3) is 0.615. The normalized spacial score (nSPS) is 18.7. The highest BCUT2D eigenvalue weighted by atomic mass is 15.2. The summed E-state index contributed by atoms with van der Waals surface area (Å²) < 4.78 is 2.19. The number of hydrogen-bond donors (Lipinski definition) is 0. The lowest BCUT2D eigenvalue weighted by Gasteiger charge is -2.31. The first kappa shape index (κ1) is 11.4. The highest BCUT2D eigenvalue weighted by Crippen LogP contribution is 2.18. The minimum absolute atomic E-state index is 0.685. The molecule has 2 heterocycles. The van der Waals surface area contributed by atoms with Crippen molar-refractivity contribution in [2.75, 3.05) is 32.1 Å². The van der Waals surface area contributed by atoms with Gasteiger partial charge in [0.2, 0.25) is 0 Å². The van der Waals surface area contributed by atoms with Gasteiger partial charge < -0.3 is 4.90 Å². The van der Waals surface area contributed by atoms with Crippen molar-refractivity contribution in [1.29, 1.82) is 0 Å². The van der Waals surface area contributed by atoms with Gasteiger partial charge in [-0.15, -0.1) is 0 Å². The van der Waals surface area contributed by atoms with Crippen LogP contribution in [0.2, 0.25) is 0 Å². The van der Waals surface area contributed by atoms with Crippen LogP contribution in [0.1, 0.15) is 12.8 Å². The van der Waals surface area contributed by atoms with Crippen LogP contribution >= 0.6 is 0 Å². The maximum Gasteiger partial charge on any atom is 0.276 e. The first-order chi connectivity index (χ1) is 7.68. The Hall–Kier alpha value is -1.09. The molecule has 2 rings (SSSR count). The molecule has 0 amide bonds. The third kappa shape index (κ3) is 2.35. The highest BCUT2D eigenvalue weighted by molar-refractivity contribution is 5.32. The molecule has 0 radical (unpaired) electrons. The summed E-state index contributed by atoms with van der Waals surface area (Å²) in [6.45, 7) is 2.43. The van der Waals surface area contributed by atoms with Crippen LogP contribution in [-0.4, -0.2) is 38.1 Å². The zero-order valence-electron chi connectivity index (χ0n) is 10.6. The van der Waals surface area contributed by atoms with Gasteiger partial charge in [0.1, 0.15) is 0 Å². The Balaban J connectivity index is 2.07. The van der Waals surface area contributed by atoms with E-state index in [2.05, 4.69) is 59.9 Å². The molecule has 1 aromatic rings. The molecule has 16 heavy (non-hydrogen) atoms. The van der Waals surface area contributed by atoms with Crippen LogP contribution in [0.25, 0.3) is 0 Å². The minimum atomic E-state index is 0.685. The summed E-state index contributed by atoms with van der Waals surface area (Å²) in [5.74, 6) is 1.30. The summed E-state index contributed by atoms with van der Waals surface area (Å²) in [6, 6.07) is 7.07. The Morgan fingerprint density at radius 2 is 2.00 bits per heavy atom. The van der Waals surface area contributed by atoms with Gasteiger partial charge in [0.25, 0.3) is 5.82 Å². The monoisotopic (exact) mass is 220 g/mol. The molecule has 0 aromatic carbocycles. The zero-order chi connectivity index (χ0) is 11.5. The van der Waals surface area contributed by atoms with E-state index >= 15 is 0 Å². The molecule has 1 saturated heterocycles. The molecule has 1 aliphatic heterocycles. The van der Waals surface area contributed by atoms with Crippen LogP contribution in [0.5, 0.6) is 0 Å². The quantitative estimate of drug-likeness (QED) is 0.689. The summed E-state index contributed by atoms with van der Waals surface area (Å²) in [4.78, 5) is 4.84. The molecule has 0 spiro atoms. The predicted octanol–water partition coefficient (Wildman–Crippen LogP) is 1.04. The van der Waals surface area contributed by atoms with Crippen molar-refractivity contribution in [3.63, 3.8) is 0 Å². The van der Waals surface area contributed by atoms with Crippen LogP contribution in [0.3, 0.4) is 0 Å². The molecular weight excluding hydrogens is 198 g/mol. The summed E-state index contributed by atoms with van der Waals surface area (Å²) in [6.07, 6.45) is 4.64. The molecule has 0 saturated carbocycles. The smallest absolute Gasteiger partial charge is 0.276 e. The van der Waals surface area contributed by atoms with Crippen LogP contribution in [0, 0.1) is 0 Å². The Morgan fingerprint density at radius 1 is 1.31 bits per heavy atom. The van der Waals surface area contributed by atoms with Gasteiger partial charge in [-0.25, -0.2) is 4.57 Å². The number of anilines is 1. The fourth-order valence-corrected chi connectivity index (χ4v) is 2.45. The molecule has 88 valence electrons. The first-order valence-electron chi connectivity index (χ1n) is 6.04. The van der Waals surface area contributed by atoms with E-state index in [9.17, 15) is 0 Å². The van der Waals surface area contributed by atoms with Gasteiger partial charge in [-0.05, 0) is 13.1 Å². The fourth-order valence-electron chi connectivity index (χ4n) is 2.45. The van der Waals surface area contributed by atoms with Crippen LogP contribution < -0.4 is 9.47 Å². The van der Waals surface area contributed by atoms with Crippen LogP contribution in [0.15, 0.2) is 24.4 Å². The third-order valence-corrected chi connectivity index (χ3v) is 3.62. The van der Waals surface area contributed by atoms with Crippen molar-refractivity contribution in [3.05, 3.63) is 24.4 Å². The molecule has 1 aromatic heterocycles.